The molecule has 0 rings (SSSR count). The predicted octanol–water partition coefficient (Wildman–Crippen LogP) is -2.82. The van der Waals surface area contributed by atoms with Gasteiger partial charge < -0.3 is 26.7 Å². The second-order valence-corrected chi connectivity index (χ2v) is 4.02. The molecule has 90 valence electrons. The Kier molecular flexibility index (Phi) is 8.62. The van der Waals surface area contributed by atoms with Gasteiger partial charge in [-0.25, -0.2) is 4.79 Å². The van der Waals surface area contributed by atoms with Crippen LogP contribution in [0.25, 0.3) is 0 Å². The molecule has 0 saturated carbocycles. The first kappa shape index (κ1) is 16.8. The van der Waals surface area contributed by atoms with Crippen LogP contribution in [0.1, 0.15) is 6.92 Å². The molecule has 0 fully saturated rings. The lowest BCUT2D eigenvalue weighted by Gasteiger charge is -2.28. The number of rotatable bonds is 6. The summed E-state index contributed by atoms with van der Waals surface area (Å²) in [5, 5.41) is 8.76. The van der Waals surface area contributed by atoms with Gasteiger partial charge in [-0.2, -0.15) is 0 Å². The molecule has 0 saturated heterocycles. The molecule has 0 aliphatic rings. The normalized spacial score (nSPS) is 10.4. The van der Waals surface area contributed by atoms with Crippen molar-refractivity contribution in [1.29, 1.82) is 0 Å². The van der Waals surface area contributed by atoms with Gasteiger partial charge in [0.25, 0.3) is 0 Å². The Balaban J connectivity index is 0. The number of likely N-dealkylation sites (N-methyl/N-ethyl adjacent to an activating group) is 1. The molecule has 0 spiro atoms. The summed E-state index contributed by atoms with van der Waals surface area (Å²) >= 11 is 0. The van der Waals surface area contributed by atoms with Crippen molar-refractivity contribution >= 4 is 5.97 Å². The number of halogens is 1. The van der Waals surface area contributed by atoms with Gasteiger partial charge in [0.1, 0.15) is 19.7 Å². The second-order valence-electron chi connectivity index (χ2n) is 4.02. The van der Waals surface area contributed by atoms with Gasteiger partial charge in [0.05, 0.1) is 20.7 Å². The monoisotopic (exact) mass is 237 g/mol. The molecule has 4 nitrogen and oxygen atoms in total. The molecule has 0 atom stereocenters. The highest BCUT2D eigenvalue weighted by molar-refractivity contribution is 5.86. The number of aliphatic hydroxyl groups is 1. The fourth-order valence-corrected chi connectivity index (χ4v) is 0.891. The van der Waals surface area contributed by atoms with Gasteiger partial charge in [-0.15, -0.1) is 0 Å². The van der Waals surface area contributed by atoms with Crippen LogP contribution >= 0.6 is 0 Å². The highest BCUT2D eigenvalue weighted by Crippen LogP contribution is 1.97. The summed E-state index contributed by atoms with van der Waals surface area (Å²) in [5.74, 6) is -0.353. The zero-order chi connectivity index (χ0) is 11.2. The van der Waals surface area contributed by atoms with Gasteiger partial charge >= 0.3 is 5.97 Å². The molecule has 0 heterocycles. The molecular weight excluding hydrogens is 218 g/mol. The molecule has 0 bridgehead atoms. The van der Waals surface area contributed by atoms with Crippen molar-refractivity contribution < 1.29 is 31.5 Å². The molecular formula is C10H20ClNO3. The van der Waals surface area contributed by atoms with Gasteiger partial charge in [0, 0.05) is 5.57 Å². The number of esters is 1. The highest BCUT2D eigenvalue weighted by atomic mass is 35.5. The maximum Gasteiger partial charge on any atom is 0.333 e. The fourth-order valence-electron chi connectivity index (χ4n) is 0.891. The molecule has 0 aromatic heterocycles. The summed E-state index contributed by atoms with van der Waals surface area (Å²) in [5.41, 5.74) is 0.414. The SMILES string of the molecule is C=C(C)C(=O)OCC[N+](C)(C)CCO.[Cl-]. The Hall–Kier alpha value is -0.580. The van der Waals surface area contributed by atoms with Crippen LogP contribution < -0.4 is 12.4 Å². The third kappa shape index (κ3) is 8.42. The summed E-state index contributed by atoms with van der Waals surface area (Å²) in [6.45, 7) is 6.96. The van der Waals surface area contributed by atoms with Crippen LogP contribution in [-0.4, -0.2) is 56.0 Å². The molecule has 5 heteroatoms. The van der Waals surface area contributed by atoms with Crippen LogP contribution in [0.15, 0.2) is 12.2 Å². The smallest absolute Gasteiger partial charge is 0.333 e. The maximum atomic E-state index is 11.0. The van der Waals surface area contributed by atoms with E-state index >= 15 is 0 Å². The van der Waals surface area contributed by atoms with Crippen LogP contribution in [-0.2, 0) is 9.53 Å². The topological polar surface area (TPSA) is 46.5 Å². The Morgan fingerprint density at radius 2 is 1.93 bits per heavy atom. The standard InChI is InChI=1S/C10H20NO3.ClH/c1-9(2)10(13)14-8-6-11(3,4)5-7-12;/h12H,1,5-8H2,2-4H3;1H/q+1;/p-1. The van der Waals surface area contributed by atoms with Gasteiger partial charge in [-0.3, -0.25) is 0 Å². The number of aliphatic hydroxyl groups excluding tert-OH is 1. The average molecular weight is 238 g/mol. The van der Waals surface area contributed by atoms with E-state index in [1.165, 1.54) is 0 Å². The zero-order valence-electron chi connectivity index (χ0n) is 9.62. The number of carbonyl (C=O) groups is 1. The van der Waals surface area contributed by atoms with Gasteiger partial charge in [-0.1, -0.05) is 6.58 Å². The van der Waals surface area contributed by atoms with E-state index in [0.29, 0.717) is 29.8 Å². The Morgan fingerprint density at radius 1 is 1.40 bits per heavy atom. The van der Waals surface area contributed by atoms with Crippen molar-refractivity contribution in [2.24, 2.45) is 0 Å². The average Bonchev–Trinajstić information content (AvgIpc) is 2.03. The number of carbonyl (C=O) groups excluding carboxylic acids is 1. The molecule has 1 N–H and O–H groups in total. The van der Waals surface area contributed by atoms with Crippen LogP contribution in [0.2, 0.25) is 0 Å². The van der Waals surface area contributed by atoms with Gasteiger partial charge in [-0.05, 0) is 6.92 Å². The van der Waals surface area contributed by atoms with Gasteiger partial charge in [0.15, 0.2) is 0 Å². The number of hydrogen-bond donors (Lipinski definition) is 1. The Morgan fingerprint density at radius 3 is 2.33 bits per heavy atom. The second kappa shape index (κ2) is 7.68. The van der Waals surface area contributed by atoms with E-state index < -0.39 is 0 Å². The van der Waals surface area contributed by atoms with E-state index in [4.69, 9.17) is 9.84 Å². The summed E-state index contributed by atoms with van der Waals surface area (Å²) in [7, 11) is 3.95. The lowest BCUT2D eigenvalue weighted by Crippen LogP contribution is -3.00. The minimum atomic E-state index is -0.353. The quantitative estimate of drug-likeness (QED) is 0.308. The first-order chi connectivity index (χ1) is 6.39. The van der Waals surface area contributed by atoms with Crippen molar-refractivity contribution in [3.63, 3.8) is 0 Å². The number of nitrogens with zero attached hydrogens (tertiary/aromatic N) is 1. The van der Waals surface area contributed by atoms with E-state index in [1.807, 2.05) is 14.1 Å². The molecule has 0 aliphatic carbocycles. The van der Waals surface area contributed by atoms with Crippen LogP contribution in [0.3, 0.4) is 0 Å². The van der Waals surface area contributed by atoms with Crippen LogP contribution in [0.5, 0.6) is 0 Å². The van der Waals surface area contributed by atoms with Crippen molar-refractivity contribution in [2.75, 3.05) is 40.4 Å². The Bertz CT molecular complexity index is 217. The molecule has 0 amide bonds. The van der Waals surface area contributed by atoms with Crippen LogP contribution in [0.4, 0.5) is 0 Å². The zero-order valence-corrected chi connectivity index (χ0v) is 10.4. The van der Waals surface area contributed by atoms with Crippen molar-refractivity contribution in [3.05, 3.63) is 12.2 Å². The predicted molar refractivity (Wildman–Crippen MR) is 54.7 cm³/mol. The molecule has 0 aliphatic heterocycles. The third-order valence-corrected chi connectivity index (χ3v) is 1.98. The molecule has 0 aromatic rings. The maximum absolute atomic E-state index is 11.0. The molecule has 15 heavy (non-hydrogen) atoms. The van der Waals surface area contributed by atoms with Crippen molar-refractivity contribution in [1.82, 2.24) is 0 Å². The molecule has 0 radical (unpaired) electrons. The van der Waals surface area contributed by atoms with E-state index in [1.54, 1.807) is 6.92 Å². The number of ether oxygens (including phenoxy) is 1. The van der Waals surface area contributed by atoms with Crippen LogP contribution in [0, 0.1) is 0 Å². The summed E-state index contributed by atoms with van der Waals surface area (Å²) in [6.07, 6.45) is 0. The Labute approximate surface area is 97.5 Å². The lowest BCUT2D eigenvalue weighted by molar-refractivity contribution is -0.890. The summed E-state index contributed by atoms with van der Waals surface area (Å²) in [4.78, 5) is 11.0. The number of quaternary nitrogens is 1. The van der Waals surface area contributed by atoms with Crippen molar-refractivity contribution in [2.45, 2.75) is 6.92 Å². The van der Waals surface area contributed by atoms with Crippen molar-refractivity contribution in [3.8, 4) is 0 Å². The first-order valence-corrected chi connectivity index (χ1v) is 4.64. The first-order valence-electron chi connectivity index (χ1n) is 4.64. The molecule has 0 aromatic carbocycles. The molecule has 0 unspecified atom stereocenters. The van der Waals surface area contributed by atoms with Gasteiger partial charge in [0.2, 0.25) is 0 Å². The summed E-state index contributed by atoms with van der Waals surface area (Å²) in [6, 6.07) is 0. The highest BCUT2D eigenvalue weighted by Gasteiger charge is 2.14. The summed E-state index contributed by atoms with van der Waals surface area (Å²) < 4.78 is 5.59. The minimum Gasteiger partial charge on any atom is -1.00 e. The minimum absolute atomic E-state index is 0. The van der Waals surface area contributed by atoms with E-state index in [9.17, 15) is 4.79 Å². The lowest BCUT2D eigenvalue weighted by atomic mass is 10.4. The number of hydrogen-bond acceptors (Lipinski definition) is 3. The van der Waals surface area contributed by atoms with E-state index in [0.717, 1.165) is 0 Å². The largest absolute Gasteiger partial charge is 1.00 e. The van der Waals surface area contributed by atoms with E-state index in [-0.39, 0.29) is 25.0 Å². The third-order valence-electron chi connectivity index (χ3n) is 1.98. The fraction of sp³-hybridized carbons (Fsp3) is 0.700. The van der Waals surface area contributed by atoms with E-state index in [2.05, 4.69) is 6.58 Å².